The van der Waals surface area contributed by atoms with Crippen molar-refractivity contribution in [1.82, 2.24) is 14.9 Å². The van der Waals surface area contributed by atoms with Gasteiger partial charge in [0.15, 0.2) is 17.3 Å². The maximum atomic E-state index is 14.0. The van der Waals surface area contributed by atoms with Gasteiger partial charge in [-0.05, 0) is 36.6 Å². The van der Waals surface area contributed by atoms with E-state index in [0.29, 0.717) is 30.5 Å². The number of Topliss-reactive ketones (excluding diaryl/α,β-unsaturated/α-hetero) is 1. The number of aromatic nitrogens is 2. The largest absolute Gasteiger partial charge is 0.398 e. The van der Waals surface area contributed by atoms with Gasteiger partial charge in [-0.25, -0.2) is 8.78 Å². The van der Waals surface area contributed by atoms with Crippen molar-refractivity contribution in [2.45, 2.75) is 25.4 Å². The molecule has 190 valence electrons. The third-order valence-corrected chi connectivity index (χ3v) is 6.17. The number of rotatable bonds is 8. The van der Waals surface area contributed by atoms with Crippen molar-refractivity contribution in [2.75, 3.05) is 42.6 Å². The summed E-state index contributed by atoms with van der Waals surface area (Å²) in [5.41, 5.74) is 13.2. The SMILES string of the molecule is CNc1nc(N2CCCC(N)C2)n(Cc2ccccc2N)c1C(=O)NCC(=O)c1c(F)cccc1F. The molecule has 6 N–H and O–H groups in total. The first-order valence-electron chi connectivity index (χ1n) is 11.7. The Balaban J connectivity index is 1.68. The summed E-state index contributed by atoms with van der Waals surface area (Å²) in [6, 6.07) is 10.4. The van der Waals surface area contributed by atoms with Crippen LogP contribution < -0.4 is 27.0 Å². The zero-order valence-electron chi connectivity index (χ0n) is 19.9. The van der Waals surface area contributed by atoms with Gasteiger partial charge in [-0.2, -0.15) is 4.98 Å². The van der Waals surface area contributed by atoms with Crippen LogP contribution in [0.3, 0.4) is 0 Å². The monoisotopic (exact) mass is 497 g/mol. The summed E-state index contributed by atoms with van der Waals surface area (Å²) in [5, 5.41) is 5.43. The predicted molar refractivity (Wildman–Crippen MR) is 134 cm³/mol. The lowest BCUT2D eigenvalue weighted by molar-refractivity contribution is 0.0895. The van der Waals surface area contributed by atoms with Crippen LogP contribution >= 0.6 is 0 Å². The number of hydrogen-bond acceptors (Lipinski definition) is 7. The maximum absolute atomic E-state index is 14.0. The van der Waals surface area contributed by atoms with E-state index in [2.05, 4.69) is 15.6 Å². The highest BCUT2D eigenvalue weighted by atomic mass is 19.1. The molecule has 0 radical (unpaired) electrons. The van der Waals surface area contributed by atoms with Crippen LogP contribution in [-0.4, -0.2) is 54.0 Å². The van der Waals surface area contributed by atoms with E-state index >= 15 is 0 Å². The number of hydrogen-bond donors (Lipinski definition) is 4. The first-order chi connectivity index (χ1) is 17.3. The molecule has 0 bridgehead atoms. The Morgan fingerprint density at radius 1 is 1.14 bits per heavy atom. The fourth-order valence-corrected chi connectivity index (χ4v) is 4.37. The molecule has 1 atom stereocenters. The molecule has 0 saturated carbocycles. The summed E-state index contributed by atoms with van der Waals surface area (Å²) in [6.45, 7) is 0.921. The number of nitrogens with one attached hydrogen (secondary N) is 2. The van der Waals surface area contributed by atoms with Crippen molar-refractivity contribution in [2.24, 2.45) is 5.73 Å². The minimum Gasteiger partial charge on any atom is -0.398 e. The van der Waals surface area contributed by atoms with Crippen molar-refractivity contribution in [3.05, 3.63) is 70.9 Å². The lowest BCUT2D eigenvalue weighted by Crippen LogP contribution is -2.44. The number of ketones is 1. The normalized spacial score (nSPS) is 15.6. The number of para-hydroxylation sites is 1. The van der Waals surface area contributed by atoms with Gasteiger partial charge in [0.1, 0.15) is 11.6 Å². The molecule has 1 saturated heterocycles. The molecule has 1 unspecified atom stereocenters. The number of imidazole rings is 1. The molecule has 2 heterocycles. The third-order valence-electron chi connectivity index (χ3n) is 6.17. The molecule has 0 aliphatic carbocycles. The molecule has 0 spiro atoms. The Morgan fingerprint density at radius 3 is 2.53 bits per heavy atom. The van der Waals surface area contributed by atoms with Crippen LogP contribution in [0.5, 0.6) is 0 Å². The van der Waals surface area contributed by atoms with E-state index in [0.717, 1.165) is 30.5 Å². The van der Waals surface area contributed by atoms with Gasteiger partial charge in [0.25, 0.3) is 5.91 Å². The average molecular weight is 498 g/mol. The summed E-state index contributed by atoms with van der Waals surface area (Å²) in [5.74, 6) is -2.66. The van der Waals surface area contributed by atoms with E-state index in [-0.39, 0.29) is 18.3 Å². The molecule has 11 heteroatoms. The third kappa shape index (κ3) is 5.15. The predicted octanol–water partition coefficient (Wildman–Crippen LogP) is 2.37. The quantitative estimate of drug-likeness (QED) is 0.278. The Hall–Kier alpha value is -3.99. The van der Waals surface area contributed by atoms with E-state index in [4.69, 9.17) is 11.5 Å². The molecule has 36 heavy (non-hydrogen) atoms. The highest BCUT2D eigenvalue weighted by Gasteiger charge is 2.29. The van der Waals surface area contributed by atoms with Crippen molar-refractivity contribution in [3.63, 3.8) is 0 Å². The summed E-state index contributed by atoms with van der Waals surface area (Å²) in [4.78, 5) is 32.6. The lowest BCUT2D eigenvalue weighted by atomic mass is 10.1. The number of nitrogens with two attached hydrogens (primary N) is 2. The summed E-state index contributed by atoms with van der Waals surface area (Å²) < 4.78 is 29.8. The zero-order chi connectivity index (χ0) is 25.8. The molecule has 9 nitrogen and oxygen atoms in total. The topological polar surface area (TPSA) is 131 Å². The maximum Gasteiger partial charge on any atom is 0.272 e. The standard InChI is InChI=1S/C25H29F2N7O2/c1-30-23-22(24(36)31-12-20(35)21-17(26)8-4-9-18(21)27)34(13-15-6-2-3-10-19(15)29)25(32-23)33-11-5-7-16(28)14-33/h2-4,6,8-10,16,30H,5,7,11-14,28-29H2,1H3,(H,31,36). The minimum atomic E-state index is -0.988. The van der Waals surface area contributed by atoms with Gasteiger partial charge in [-0.15, -0.1) is 0 Å². The number of anilines is 3. The summed E-state index contributed by atoms with van der Waals surface area (Å²) >= 11 is 0. The van der Waals surface area contributed by atoms with E-state index in [1.807, 2.05) is 23.1 Å². The van der Waals surface area contributed by atoms with Gasteiger partial charge < -0.3 is 27.0 Å². The van der Waals surface area contributed by atoms with Crippen LogP contribution in [-0.2, 0) is 6.54 Å². The van der Waals surface area contributed by atoms with Crippen LogP contribution in [0.25, 0.3) is 0 Å². The Kier molecular flexibility index (Phi) is 7.49. The van der Waals surface area contributed by atoms with Crippen molar-refractivity contribution >= 4 is 29.1 Å². The Morgan fingerprint density at radius 2 is 1.86 bits per heavy atom. The Labute approximate surface area is 207 Å². The summed E-state index contributed by atoms with van der Waals surface area (Å²) in [6.07, 6.45) is 1.77. The van der Waals surface area contributed by atoms with Crippen molar-refractivity contribution in [1.29, 1.82) is 0 Å². The number of piperidine rings is 1. The van der Waals surface area contributed by atoms with E-state index < -0.39 is 35.4 Å². The molecule has 1 aliphatic heterocycles. The number of carbonyl (C=O) groups is 2. The molecule has 1 amide bonds. The highest BCUT2D eigenvalue weighted by molar-refractivity contribution is 6.03. The number of amides is 1. The number of benzene rings is 2. The molecular weight excluding hydrogens is 468 g/mol. The van der Waals surface area contributed by atoms with Gasteiger partial charge in [0.2, 0.25) is 5.95 Å². The first-order valence-corrected chi connectivity index (χ1v) is 11.7. The zero-order valence-corrected chi connectivity index (χ0v) is 19.9. The molecule has 3 aromatic rings. The smallest absolute Gasteiger partial charge is 0.272 e. The van der Waals surface area contributed by atoms with Crippen molar-refractivity contribution in [3.8, 4) is 0 Å². The fraction of sp³-hybridized carbons (Fsp3) is 0.320. The molecule has 1 aliphatic rings. The van der Waals surface area contributed by atoms with Crippen LogP contribution in [0, 0.1) is 11.6 Å². The highest BCUT2D eigenvalue weighted by Crippen LogP contribution is 2.28. The lowest BCUT2D eigenvalue weighted by Gasteiger charge is -2.32. The van der Waals surface area contributed by atoms with Gasteiger partial charge >= 0.3 is 0 Å². The second-order valence-corrected chi connectivity index (χ2v) is 8.69. The molecule has 1 aromatic heterocycles. The van der Waals surface area contributed by atoms with E-state index in [1.165, 1.54) is 6.07 Å². The number of nitrogen functional groups attached to an aromatic ring is 1. The van der Waals surface area contributed by atoms with E-state index in [9.17, 15) is 18.4 Å². The van der Waals surface area contributed by atoms with Gasteiger partial charge in [0, 0.05) is 31.9 Å². The van der Waals surface area contributed by atoms with Crippen LogP contribution in [0.4, 0.5) is 26.2 Å². The number of nitrogens with zero attached hydrogens (tertiary/aromatic N) is 3. The summed E-state index contributed by atoms with van der Waals surface area (Å²) in [7, 11) is 1.63. The number of carbonyl (C=O) groups excluding carboxylic acids is 2. The molecule has 4 rings (SSSR count). The van der Waals surface area contributed by atoms with Crippen molar-refractivity contribution < 1.29 is 18.4 Å². The minimum absolute atomic E-state index is 0.0331. The second kappa shape index (κ2) is 10.7. The fourth-order valence-electron chi connectivity index (χ4n) is 4.37. The Bertz CT molecular complexity index is 1260. The van der Waals surface area contributed by atoms with Crippen LogP contribution in [0.1, 0.15) is 39.3 Å². The molecular formula is C25H29F2N7O2. The second-order valence-electron chi connectivity index (χ2n) is 8.69. The first kappa shape index (κ1) is 25.1. The molecule has 1 fully saturated rings. The van der Waals surface area contributed by atoms with Gasteiger partial charge in [-0.1, -0.05) is 24.3 Å². The molecule has 2 aromatic carbocycles. The van der Waals surface area contributed by atoms with Crippen LogP contribution in [0.15, 0.2) is 42.5 Å². The van der Waals surface area contributed by atoms with E-state index in [1.54, 1.807) is 17.7 Å². The van der Waals surface area contributed by atoms with Gasteiger partial charge in [-0.3, -0.25) is 14.2 Å². The van der Waals surface area contributed by atoms with Gasteiger partial charge in [0.05, 0.1) is 18.7 Å². The number of halogens is 2. The van der Waals surface area contributed by atoms with Crippen LogP contribution in [0.2, 0.25) is 0 Å². The average Bonchev–Trinajstić information content (AvgIpc) is 3.22.